The number of rotatable bonds is 7. The summed E-state index contributed by atoms with van der Waals surface area (Å²) in [6.07, 6.45) is 0.200. The first-order valence-corrected chi connectivity index (χ1v) is 9.25. The van der Waals surface area contributed by atoms with Crippen LogP contribution in [0.15, 0.2) is 0 Å². The Morgan fingerprint density at radius 2 is 1.92 bits per heavy atom. The summed E-state index contributed by atoms with van der Waals surface area (Å²) in [4.78, 5) is 24.3. The van der Waals surface area contributed by atoms with Crippen molar-refractivity contribution in [1.29, 1.82) is 0 Å². The highest BCUT2D eigenvalue weighted by Crippen LogP contribution is 2.32. The van der Waals surface area contributed by atoms with Gasteiger partial charge in [0.05, 0.1) is 12.0 Å². The summed E-state index contributed by atoms with van der Waals surface area (Å²) in [5.41, 5.74) is -0.601. The molecule has 0 bridgehead atoms. The SMILES string of the molecule is CC(C)[C@@H](CO)C[C@H](NC(=O)OC(C)(C)C)[C@@H]1C[C@@H](C(C)C)C(=O)O1. The zero-order valence-electron chi connectivity index (χ0n) is 16.7. The molecule has 146 valence electrons. The van der Waals surface area contributed by atoms with Crippen molar-refractivity contribution in [1.82, 2.24) is 5.32 Å². The molecule has 0 aromatic heterocycles. The molecule has 0 aliphatic carbocycles. The first-order chi connectivity index (χ1) is 11.4. The molecule has 6 heteroatoms. The predicted molar refractivity (Wildman–Crippen MR) is 96.0 cm³/mol. The second kappa shape index (κ2) is 8.88. The van der Waals surface area contributed by atoms with E-state index < -0.39 is 11.7 Å². The number of aliphatic hydroxyl groups excluding tert-OH is 1. The van der Waals surface area contributed by atoms with Crippen molar-refractivity contribution in [3.63, 3.8) is 0 Å². The van der Waals surface area contributed by atoms with E-state index in [4.69, 9.17) is 9.47 Å². The van der Waals surface area contributed by atoms with Gasteiger partial charge in [-0.25, -0.2) is 4.79 Å². The van der Waals surface area contributed by atoms with E-state index in [1.54, 1.807) is 20.8 Å². The fourth-order valence-corrected chi connectivity index (χ4v) is 3.07. The van der Waals surface area contributed by atoms with Crippen LogP contribution >= 0.6 is 0 Å². The van der Waals surface area contributed by atoms with Gasteiger partial charge in [-0.2, -0.15) is 0 Å². The van der Waals surface area contributed by atoms with Crippen LogP contribution in [-0.2, 0) is 14.3 Å². The first-order valence-electron chi connectivity index (χ1n) is 9.25. The van der Waals surface area contributed by atoms with E-state index in [1.165, 1.54) is 0 Å². The number of cyclic esters (lactones) is 1. The maximum Gasteiger partial charge on any atom is 0.408 e. The molecule has 1 aliphatic rings. The van der Waals surface area contributed by atoms with Crippen LogP contribution in [0.1, 0.15) is 61.3 Å². The first kappa shape index (κ1) is 21.7. The quantitative estimate of drug-likeness (QED) is 0.684. The molecule has 6 nitrogen and oxygen atoms in total. The van der Waals surface area contributed by atoms with E-state index in [2.05, 4.69) is 5.32 Å². The maximum atomic E-state index is 12.2. The van der Waals surface area contributed by atoms with E-state index in [0.717, 1.165) is 0 Å². The van der Waals surface area contributed by atoms with E-state index in [1.807, 2.05) is 27.7 Å². The topological polar surface area (TPSA) is 84.9 Å². The Hall–Kier alpha value is -1.30. The molecule has 0 saturated carbocycles. The number of aliphatic hydroxyl groups is 1. The summed E-state index contributed by atoms with van der Waals surface area (Å²) < 4.78 is 10.9. The minimum absolute atomic E-state index is 0.0109. The fraction of sp³-hybridized carbons (Fsp3) is 0.895. The smallest absolute Gasteiger partial charge is 0.408 e. The Bertz CT molecular complexity index is 455. The molecule has 1 amide bonds. The molecule has 0 spiro atoms. The van der Waals surface area contributed by atoms with Gasteiger partial charge in [0.25, 0.3) is 0 Å². The van der Waals surface area contributed by atoms with Crippen LogP contribution in [0.5, 0.6) is 0 Å². The number of amides is 1. The number of carbonyl (C=O) groups is 2. The van der Waals surface area contributed by atoms with Crippen LogP contribution in [0.4, 0.5) is 4.79 Å². The molecular weight excluding hydrogens is 322 g/mol. The van der Waals surface area contributed by atoms with Crippen molar-refractivity contribution in [2.75, 3.05) is 6.61 Å². The molecule has 2 N–H and O–H groups in total. The van der Waals surface area contributed by atoms with Crippen molar-refractivity contribution in [3.8, 4) is 0 Å². The van der Waals surface area contributed by atoms with Crippen LogP contribution in [0, 0.1) is 23.7 Å². The third-order valence-electron chi connectivity index (χ3n) is 4.75. The Kier molecular flexibility index (Phi) is 7.72. The highest BCUT2D eigenvalue weighted by atomic mass is 16.6. The second-order valence-corrected chi connectivity index (χ2v) is 8.74. The minimum atomic E-state index is -0.601. The zero-order chi connectivity index (χ0) is 19.4. The fourth-order valence-electron chi connectivity index (χ4n) is 3.07. The van der Waals surface area contributed by atoms with Crippen LogP contribution in [0.3, 0.4) is 0 Å². The van der Waals surface area contributed by atoms with Crippen molar-refractivity contribution in [2.24, 2.45) is 23.7 Å². The van der Waals surface area contributed by atoms with Gasteiger partial charge in [0.15, 0.2) is 0 Å². The van der Waals surface area contributed by atoms with Crippen molar-refractivity contribution in [3.05, 3.63) is 0 Å². The van der Waals surface area contributed by atoms with E-state index in [0.29, 0.717) is 12.8 Å². The molecule has 25 heavy (non-hydrogen) atoms. The molecule has 0 unspecified atom stereocenters. The number of alkyl carbamates (subject to hydrolysis) is 1. The average molecular weight is 357 g/mol. The van der Waals surface area contributed by atoms with Gasteiger partial charge in [-0.15, -0.1) is 0 Å². The summed E-state index contributed by atoms with van der Waals surface area (Å²) in [7, 11) is 0. The lowest BCUT2D eigenvalue weighted by Crippen LogP contribution is -2.47. The molecule has 1 saturated heterocycles. The van der Waals surface area contributed by atoms with Gasteiger partial charge >= 0.3 is 12.1 Å². The standard InChI is InChI=1S/C19H35NO5/c1-11(2)13(10-21)8-15(20-18(23)25-19(5,6)7)16-9-14(12(3)4)17(22)24-16/h11-16,21H,8-10H2,1-7H3,(H,20,23)/t13-,14+,15+,16+/m1/s1. The number of esters is 1. The average Bonchev–Trinajstić information content (AvgIpc) is 2.83. The van der Waals surface area contributed by atoms with Gasteiger partial charge in [0, 0.05) is 6.61 Å². The predicted octanol–water partition coefficient (Wildman–Crippen LogP) is 3.12. The summed E-state index contributed by atoms with van der Waals surface area (Å²) in [5.74, 6) is 0.0988. The highest BCUT2D eigenvalue weighted by Gasteiger charge is 2.42. The molecule has 0 aromatic carbocycles. The number of hydrogen-bond donors (Lipinski definition) is 2. The summed E-state index contributed by atoms with van der Waals surface area (Å²) in [6.45, 7) is 13.5. The second-order valence-electron chi connectivity index (χ2n) is 8.74. The molecule has 4 atom stereocenters. The lowest BCUT2D eigenvalue weighted by Gasteiger charge is -2.30. The van der Waals surface area contributed by atoms with E-state index in [-0.39, 0.29) is 48.4 Å². The van der Waals surface area contributed by atoms with Gasteiger partial charge in [0.2, 0.25) is 0 Å². The molecule has 1 heterocycles. The van der Waals surface area contributed by atoms with Crippen LogP contribution in [-0.4, -0.2) is 41.5 Å². The normalized spacial score (nSPS) is 23.5. The summed E-state index contributed by atoms with van der Waals surface area (Å²) in [5, 5.41) is 12.5. The van der Waals surface area contributed by atoms with Gasteiger partial charge in [-0.3, -0.25) is 4.79 Å². The van der Waals surface area contributed by atoms with Crippen LogP contribution in [0.2, 0.25) is 0 Å². The van der Waals surface area contributed by atoms with E-state index in [9.17, 15) is 14.7 Å². The maximum absolute atomic E-state index is 12.2. The number of hydrogen-bond acceptors (Lipinski definition) is 5. The van der Waals surface area contributed by atoms with Crippen molar-refractivity contribution >= 4 is 12.1 Å². The summed E-state index contributed by atoms with van der Waals surface area (Å²) in [6, 6.07) is -0.373. The lowest BCUT2D eigenvalue weighted by atomic mass is 9.85. The lowest BCUT2D eigenvalue weighted by molar-refractivity contribution is -0.146. The van der Waals surface area contributed by atoms with Gasteiger partial charge in [-0.1, -0.05) is 27.7 Å². The molecular formula is C19H35NO5. The van der Waals surface area contributed by atoms with E-state index >= 15 is 0 Å². The third kappa shape index (κ3) is 6.84. The Balaban J connectivity index is 2.88. The zero-order valence-corrected chi connectivity index (χ0v) is 16.7. The van der Waals surface area contributed by atoms with Crippen molar-refractivity contribution < 1.29 is 24.2 Å². The molecule has 0 radical (unpaired) electrons. The third-order valence-corrected chi connectivity index (χ3v) is 4.75. The van der Waals surface area contributed by atoms with Crippen LogP contribution < -0.4 is 5.32 Å². The Labute approximate surface area is 151 Å². The highest BCUT2D eigenvalue weighted by molar-refractivity contribution is 5.75. The van der Waals surface area contributed by atoms with Gasteiger partial charge in [-0.05, 0) is 51.4 Å². The minimum Gasteiger partial charge on any atom is -0.460 e. The number of carbonyl (C=O) groups excluding carboxylic acids is 2. The van der Waals surface area contributed by atoms with Gasteiger partial charge < -0.3 is 19.9 Å². The molecule has 1 fully saturated rings. The largest absolute Gasteiger partial charge is 0.460 e. The van der Waals surface area contributed by atoms with Crippen LogP contribution in [0.25, 0.3) is 0 Å². The summed E-state index contributed by atoms with van der Waals surface area (Å²) >= 11 is 0. The Morgan fingerprint density at radius 3 is 2.32 bits per heavy atom. The monoisotopic (exact) mass is 357 g/mol. The molecule has 0 aromatic rings. The Morgan fingerprint density at radius 1 is 1.32 bits per heavy atom. The number of nitrogens with one attached hydrogen (secondary N) is 1. The number of ether oxygens (including phenoxy) is 2. The molecule has 1 rings (SSSR count). The molecule has 1 aliphatic heterocycles. The van der Waals surface area contributed by atoms with Crippen molar-refractivity contribution in [2.45, 2.75) is 79.1 Å². The van der Waals surface area contributed by atoms with Gasteiger partial charge in [0.1, 0.15) is 11.7 Å².